The SMILES string of the molecule is Cc1nc(C(C)O)sc1-c1csc(Nc2ccc(C(=O)N3CCN(c4ccc(S(C)(=O)=O)cn4)CC3C(F)(F)F)cn2)n1. The van der Waals surface area contributed by atoms with Crippen molar-refractivity contribution >= 4 is 55.2 Å². The highest BCUT2D eigenvalue weighted by molar-refractivity contribution is 7.90. The first-order valence-corrected chi connectivity index (χ1v) is 16.4. The number of pyridine rings is 2. The van der Waals surface area contributed by atoms with E-state index in [1.54, 1.807) is 6.92 Å². The van der Waals surface area contributed by atoms with Gasteiger partial charge in [0.1, 0.15) is 28.8 Å². The summed E-state index contributed by atoms with van der Waals surface area (Å²) >= 11 is 2.67. The summed E-state index contributed by atoms with van der Waals surface area (Å²) in [6, 6.07) is 3.43. The fourth-order valence-corrected chi connectivity index (χ4v) is 6.74. The number of anilines is 3. The first kappa shape index (κ1) is 30.8. The molecule has 2 N–H and O–H groups in total. The van der Waals surface area contributed by atoms with Crippen molar-refractivity contribution in [2.75, 3.05) is 36.1 Å². The van der Waals surface area contributed by atoms with E-state index in [4.69, 9.17) is 0 Å². The van der Waals surface area contributed by atoms with E-state index in [1.807, 2.05) is 12.3 Å². The average molecular weight is 654 g/mol. The van der Waals surface area contributed by atoms with Gasteiger partial charge in [0.2, 0.25) is 0 Å². The Morgan fingerprint density at radius 1 is 1.14 bits per heavy atom. The Bertz CT molecular complexity index is 1720. The lowest BCUT2D eigenvalue weighted by Gasteiger charge is -2.42. The smallest absolute Gasteiger partial charge is 0.386 e. The summed E-state index contributed by atoms with van der Waals surface area (Å²) < 4.78 is 65.7. The number of aliphatic hydroxyl groups is 1. The monoisotopic (exact) mass is 653 g/mol. The number of hydrogen-bond acceptors (Lipinski definition) is 12. The second-order valence-electron chi connectivity index (χ2n) is 9.86. The third-order valence-corrected chi connectivity index (χ3v) is 9.85. The van der Waals surface area contributed by atoms with Gasteiger partial charge in [0.05, 0.1) is 26.7 Å². The van der Waals surface area contributed by atoms with E-state index >= 15 is 0 Å². The van der Waals surface area contributed by atoms with Gasteiger partial charge in [-0.2, -0.15) is 13.2 Å². The first-order chi connectivity index (χ1) is 20.2. The van der Waals surface area contributed by atoms with Crippen LogP contribution in [0.1, 0.15) is 34.1 Å². The van der Waals surface area contributed by atoms with Gasteiger partial charge in [-0.3, -0.25) is 4.79 Å². The number of aryl methyl sites for hydroxylation is 1. The standard InChI is InChI=1S/C26H26F3N7O4S3/c1-14-22(42-23(32-14)15(2)37)18-13-41-25(33-18)34-20-6-4-16(10-30-20)24(38)36-9-8-35(12-19(36)26(27,28)29)21-7-5-17(11-31-21)43(3,39)40/h4-7,10-11,13,15,19,37H,8-9,12H2,1-3H3,(H,30,33,34). The maximum absolute atomic E-state index is 14.1. The molecule has 1 aliphatic heterocycles. The summed E-state index contributed by atoms with van der Waals surface area (Å²) in [5.41, 5.74) is 1.42. The molecule has 0 bridgehead atoms. The number of nitrogens with one attached hydrogen (secondary N) is 1. The first-order valence-electron chi connectivity index (χ1n) is 12.8. The topological polar surface area (TPSA) is 142 Å². The lowest BCUT2D eigenvalue weighted by Crippen LogP contribution is -2.61. The molecule has 4 aromatic heterocycles. The molecule has 1 amide bonds. The Kier molecular flexibility index (Phi) is 8.43. The second-order valence-corrected chi connectivity index (χ2v) is 13.8. The largest absolute Gasteiger partial charge is 0.410 e. The molecule has 17 heteroatoms. The predicted molar refractivity (Wildman–Crippen MR) is 157 cm³/mol. The van der Waals surface area contributed by atoms with Crippen LogP contribution < -0.4 is 10.2 Å². The van der Waals surface area contributed by atoms with E-state index in [1.165, 1.54) is 58.0 Å². The summed E-state index contributed by atoms with van der Waals surface area (Å²) in [4.78, 5) is 33.3. The van der Waals surface area contributed by atoms with Crippen molar-refractivity contribution in [2.24, 2.45) is 0 Å². The highest BCUT2D eigenvalue weighted by atomic mass is 32.2. The van der Waals surface area contributed by atoms with Crippen LogP contribution in [0.25, 0.3) is 10.6 Å². The Hall–Kier alpha value is -3.67. The van der Waals surface area contributed by atoms with Crippen LogP contribution in [0, 0.1) is 6.92 Å². The molecule has 5 rings (SSSR count). The van der Waals surface area contributed by atoms with Crippen LogP contribution in [0.5, 0.6) is 0 Å². The Morgan fingerprint density at radius 3 is 2.49 bits per heavy atom. The van der Waals surface area contributed by atoms with Crippen LogP contribution in [0.4, 0.5) is 29.9 Å². The van der Waals surface area contributed by atoms with Crippen LogP contribution >= 0.6 is 22.7 Å². The molecule has 2 unspecified atom stereocenters. The number of piperazine rings is 1. The van der Waals surface area contributed by atoms with Crippen LogP contribution in [0.15, 0.2) is 46.9 Å². The Balaban J connectivity index is 1.27. The van der Waals surface area contributed by atoms with E-state index in [2.05, 4.69) is 25.3 Å². The quantitative estimate of drug-likeness (QED) is 0.294. The molecular weight excluding hydrogens is 628 g/mol. The third kappa shape index (κ3) is 6.79. The molecule has 43 heavy (non-hydrogen) atoms. The lowest BCUT2D eigenvalue weighted by molar-refractivity contribution is -0.177. The molecule has 228 valence electrons. The average Bonchev–Trinajstić information content (AvgIpc) is 3.58. The summed E-state index contributed by atoms with van der Waals surface area (Å²) in [6.07, 6.45) is -2.07. The second kappa shape index (κ2) is 11.8. The molecule has 1 aliphatic rings. The molecule has 0 spiro atoms. The van der Waals surface area contributed by atoms with Crippen LogP contribution in [-0.2, 0) is 9.84 Å². The summed E-state index contributed by atoms with van der Waals surface area (Å²) in [7, 11) is -3.51. The summed E-state index contributed by atoms with van der Waals surface area (Å²) in [6.45, 7) is 2.76. The number of aromatic nitrogens is 4. The van der Waals surface area contributed by atoms with Crippen molar-refractivity contribution in [2.45, 2.75) is 37.1 Å². The van der Waals surface area contributed by atoms with Crippen molar-refractivity contribution < 1.29 is 31.5 Å². The van der Waals surface area contributed by atoms with Crippen molar-refractivity contribution in [3.63, 3.8) is 0 Å². The number of sulfone groups is 1. The van der Waals surface area contributed by atoms with E-state index < -0.39 is 40.6 Å². The van der Waals surface area contributed by atoms with Crippen molar-refractivity contribution in [3.05, 3.63) is 58.3 Å². The van der Waals surface area contributed by atoms with Gasteiger partial charge in [-0.25, -0.2) is 28.4 Å². The number of nitrogens with zero attached hydrogens (tertiary/aromatic N) is 6. The Morgan fingerprint density at radius 2 is 1.91 bits per heavy atom. The molecule has 0 radical (unpaired) electrons. The fraction of sp³-hybridized carbons (Fsp3) is 0.346. The van der Waals surface area contributed by atoms with Gasteiger partial charge in [0.15, 0.2) is 15.0 Å². The lowest BCUT2D eigenvalue weighted by atomic mass is 10.1. The van der Waals surface area contributed by atoms with Crippen LogP contribution in [-0.4, -0.2) is 82.4 Å². The molecule has 0 aromatic carbocycles. The molecule has 4 aromatic rings. The van der Waals surface area contributed by atoms with E-state index in [0.717, 1.165) is 27.9 Å². The third-order valence-electron chi connectivity index (χ3n) is 6.64. The zero-order chi connectivity index (χ0) is 31.1. The van der Waals surface area contributed by atoms with Gasteiger partial charge < -0.3 is 20.2 Å². The molecule has 0 saturated carbocycles. The highest BCUT2D eigenvalue weighted by Crippen LogP contribution is 2.35. The molecule has 2 atom stereocenters. The van der Waals surface area contributed by atoms with E-state index in [0.29, 0.717) is 21.7 Å². The van der Waals surface area contributed by atoms with Gasteiger partial charge in [0, 0.05) is 43.7 Å². The maximum Gasteiger partial charge on any atom is 0.410 e. The zero-order valence-electron chi connectivity index (χ0n) is 23.0. The van der Waals surface area contributed by atoms with Gasteiger partial charge in [-0.1, -0.05) is 0 Å². The number of carbonyl (C=O) groups excluding carboxylic acids is 1. The number of hydrogen-bond donors (Lipinski definition) is 2. The van der Waals surface area contributed by atoms with Gasteiger partial charge >= 0.3 is 6.18 Å². The number of alkyl halides is 3. The van der Waals surface area contributed by atoms with Crippen molar-refractivity contribution in [1.29, 1.82) is 0 Å². The number of aliphatic hydroxyl groups excluding tert-OH is 1. The molecule has 1 fully saturated rings. The number of carbonyl (C=O) groups is 1. The maximum atomic E-state index is 14.1. The molecular formula is C26H26F3N7O4S3. The van der Waals surface area contributed by atoms with Crippen molar-refractivity contribution in [1.82, 2.24) is 24.8 Å². The van der Waals surface area contributed by atoms with E-state index in [9.17, 15) is 31.5 Å². The summed E-state index contributed by atoms with van der Waals surface area (Å²) in [5, 5.41) is 15.8. The minimum absolute atomic E-state index is 0.00496. The number of rotatable bonds is 7. The minimum atomic E-state index is -4.72. The van der Waals surface area contributed by atoms with Crippen LogP contribution in [0.3, 0.4) is 0 Å². The normalized spacial score (nSPS) is 16.8. The number of thiazole rings is 2. The van der Waals surface area contributed by atoms with Gasteiger partial charge in [-0.05, 0) is 38.1 Å². The Labute approximate surface area is 253 Å². The predicted octanol–water partition coefficient (Wildman–Crippen LogP) is 4.46. The zero-order valence-corrected chi connectivity index (χ0v) is 25.5. The number of amides is 1. The molecule has 5 heterocycles. The molecule has 11 nitrogen and oxygen atoms in total. The molecule has 0 aliphatic carbocycles. The van der Waals surface area contributed by atoms with Gasteiger partial charge in [-0.15, -0.1) is 22.7 Å². The summed E-state index contributed by atoms with van der Waals surface area (Å²) in [5.74, 6) is -0.276. The molecule has 1 saturated heterocycles. The fourth-order valence-electron chi connectivity index (χ4n) is 4.43. The van der Waals surface area contributed by atoms with Crippen molar-refractivity contribution in [3.8, 4) is 10.6 Å². The van der Waals surface area contributed by atoms with Crippen LogP contribution in [0.2, 0.25) is 0 Å². The number of halogens is 3. The van der Waals surface area contributed by atoms with E-state index in [-0.39, 0.29) is 29.4 Å². The minimum Gasteiger partial charge on any atom is -0.386 e. The highest BCUT2D eigenvalue weighted by Gasteiger charge is 2.48. The van der Waals surface area contributed by atoms with Gasteiger partial charge in [0.25, 0.3) is 5.91 Å².